The summed E-state index contributed by atoms with van der Waals surface area (Å²) in [5, 5.41) is 3.79. The molecule has 25 heavy (non-hydrogen) atoms. The normalized spacial score (nSPS) is 19.3. The van der Waals surface area contributed by atoms with Gasteiger partial charge in [-0.25, -0.2) is 18.2 Å². The minimum Gasteiger partial charge on any atom is -0.455 e. The van der Waals surface area contributed by atoms with Crippen molar-refractivity contribution >= 4 is 22.0 Å². The van der Waals surface area contributed by atoms with Gasteiger partial charge in [0.25, 0.3) is 0 Å². The van der Waals surface area contributed by atoms with Crippen molar-refractivity contribution in [2.24, 2.45) is 11.0 Å². The van der Waals surface area contributed by atoms with Crippen molar-refractivity contribution in [3.05, 3.63) is 48.0 Å². The molecule has 1 aliphatic heterocycles. The Morgan fingerprint density at radius 1 is 1.32 bits per heavy atom. The molecule has 1 aromatic carbocycles. The number of amides is 1. The maximum Gasteiger partial charge on any atom is 0.240 e. The first-order valence-electron chi connectivity index (χ1n) is 7.80. The summed E-state index contributed by atoms with van der Waals surface area (Å²) in [6.45, 7) is 0. The topological polar surface area (TPSA) is 88.7 Å². The largest absolute Gasteiger partial charge is 0.455 e. The van der Waals surface area contributed by atoms with Gasteiger partial charge in [-0.2, -0.15) is 5.10 Å². The van der Waals surface area contributed by atoms with E-state index < -0.39 is 9.84 Å². The van der Waals surface area contributed by atoms with Crippen molar-refractivity contribution in [2.75, 3.05) is 11.5 Å². The Kier molecular flexibility index (Phi) is 4.98. The lowest BCUT2D eigenvalue weighted by Gasteiger charge is -2.04. The number of halogens is 1. The van der Waals surface area contributed by atoms with Crippen molar-refractivity contribution < 1.29 is 22.0 Å². The standard InChI is InChI=1S/C17H17FN2O4S/c18-15-4-2-1-3-14(15)16-6-5-13(24-16)10-19-20-17(21)9-12-7-8-25(22,23)11-12/h1-6,10,12H,7-9,11H2,(H,20,21)/b19-10-/t12-/m1/s1. The molecule has 1 amide bonds. The zero-order valence-corrected chi connectivity index (χ0v) is 14.1. The summed E-state index contributed by atoms with van der Waals surface area (Å²) < 4.78 is 41.9. The van der Waals surface area contributed by atoms with Gasteiger partial charge in [0.1, 0.15) is 17.3 Å². The number of carbonyl (C=O) groups excluding carboxylic acids is 1. The van der Waals surface area contributed by atoms with E-state index >= 15 is 0 Å². The van der Waals surface area contributed by atoms with E-state index in [1.165, 1.54) is 12.3 Å². The summed E-state index contributed by atoms with van der Waals surface area (Å²) in [6, 6.07) is 9.47. The predicted octanol–water partition coefficient (Wildman–Crippen LogP) is 2.36. The van der Waals surface area contributed by atoms with Crippen LogP contribution in [-0.2, 0) is 14.6 Å². The van der Waals surface area contributed by atoms with Gasteiger partial charge < -0.3 is 4.42 Å². The highest BCUT2D eigenvalue weighted by Crippen LogP contribution is 2.24. The van der Waals surface area contributed by atoms with Crippen LogP contribution < -0.4 is 5.43 Å². The van der Waals surface area contributed by atoms with Gasteiger partial charge in [0.2, 0.25) is 5.91 Å². The van der Waals surface area contributed by atoms with Crippen LogP contribution in [0.15, 0.2) is 45.9 Å². The van der Waals surface area contributed by atoms with Crippen molar-refractivity contribution in [3.63, 3.8) is 0 Å². The zero-order valence-electron chi connectivity index (χ0n) is 13.3. The Morgan fingerprint density at radius 2 is 2.12 bits per heavy atom. The lowest BCUT2D eigenvalue weighted by atomic mass is 10.1. The molecule has 6 nitrogen and oxygen atoms in total. The number of hydrogen-bond acceptors (Lipinski definition) is 5. The van der Waals surface area contributed by atoms with Crippen LogP contribution in [0.3, 0.4) is 0 Å². The fraction of sp³-hybridized carbons (Fsp3) is 0.294. The molecule has 0 bridgehead atoms. The number of nitrogens with zero attached hydrogens (tertiary/aromatic N) is 1. The fourth-order valence-electron chi connectivity index (χ4n) is 2.74. The number of sulfone groups is 1. The van der Waals surface area contributed by atoms with Gasteiger partial charge in [-0.05, 0) is 36.6 Å². The summed E-state index contributed by atoms with van der Waals surface area (Å²) in [5.74, 6) is 0.0215. The van der Waals surface area contributed by atoms with Crippen LogP contribution in [0.5, 0.6) is 0 Å². The molecule has 3 rings (SSSR count). The third kappa shape index (κ3) is 4.54. The van der Waals surface area contributed by atoms with E-state index in [4.69, 9.17) is 4.42 Å². The van der Waals surface area contributed by atoms with Gasteiger partial charge in [-0.15, -0.1) is 0 Å². The highest BCUT2D eigenvalue weighted by Gasteiger charge is 2.29. The van der Waals surface area contributed by atoms with Crippen molar-refractivity contribution in [1.82, 2.24) is 5.43 Å². The van der Waals surface area contributed by atoms with Gasteiger partial charge in [-0.3, -0.25) is 4.79 Å². The molecule has 132 valence electrons. The number of nitrogens with one attached hydrogen (secondary N) is 1. The Hall–Kier alpha value is -2.48. The Bertz CT molecular complexity index is 905. The lowest BCUT2D eigenvalue weighted by Crippen LogP contribution is -2.21. The number of hydrazone groups is 1. The second kappa shape index (κ2) is 7.18. The molecule has 8 heteroatoms. The lowest BCUT2D eigenvalue weighted by molar-refractivity contribution is -0.121. The number of furan rings is 1. The number of rotatable bonds is 5. The molecule has 1 N–H and O–H groups in total. The Morgan fingerprint density at radius 3 is 2.84 bits per heavy atom. The van der Waals surface area contributed by atoms with Crippen LogP contribution >= 0.6 is 0 Å². The molecule has 0 radical (unpaired) electrons. The first kappa shape index (κ1) is 17.3. The average molecular weight is 364 g/mol. The molecule has 0 unspecified atom stereocenters. The quantitative estimate of drug-likeness (QED) is 0.652. The number of hydrogen-bond donors (Lipinski definition) is 1. The monoisotopic (exact) mass is 364 g/mol. The maximum absolute atomic E-state index is 13.7. The smallest absolute Gasteiger partial charge is 0.240 e. The highest BCUT2D eigenvalue weighted by atomic mass is 32.2. The van der Waals surface area contributed by atoms with Gasteiger partial charge in [0.05, 0.1) is 23.3 Å². The molecular formula is C17H17FN2O4S. The van der Waals surface area contributed by atoms with E-state index in [0.717, 1.165) is 0 Å². The first-order valence-corrected chi connectivity index (χ1v) is 9.62. The molecule has 2 heterocycles. The van der Waals surface area contributed by atoms with Gasteiger partial charge in [0, 0.05) is 6.42 Å². The zero-order chi connectivity index (χ0) is 17.9. The predicted molar refractivity (Wildman–Crippen MR) is 91.2 cm³/mol. The summed E-state index contributed by atoms with van der Waals surface area (Å²) in [5.41, 5.74) is 2.69. The van der Waals surface area contributed by atoms with Crippen LogP contribution in [0.2, 0.25) is 0 Å². The second-order valence-electron chi connectivity index (χ2n) is 5.95. The maximum atomic E-state index is 13.7. The second-order valence-corrected chi connectivity index (χ2v) is 8.18. The molecule has 1 fully saturated rings. The van der Waals surface area contributed by atoms with E-state index in [1.54, 1.807) is 30.3 Å². The van der Waals surface area contributed by atoms with Crippen LogP contribution in [-0.4, -0.2) is 32.0 Å². The van der Waals surface area contributed by atoms with E-state index in [-0.39, 0.29) is 35.6 Å². The average Bonchev–Trinajstić information content (AvgIpc) is 3.14. The summed E-state index contributed by atoms with van der Waals surface area (Å²) in [7, 11) is -3.00. The summed E-state index contributed by atoms with van der Waals surface area (Å²) in [4.78, 5) is 11.8. The van der Waals surface area contributed by atoms with Gasteiger partial charge in [-0.1, -0.05) is 12.1 Å². The third-order valence-electron chi connectivity index (χ3n) is 3.95. The fourth-order valence-corrected chi connectivity index (χ4v) is 4.60. The van der Waals surface area contributed by atoms with Crippen molar-refractivity contribution in [1.29, 1.82) is 0 Å². The molecule has 2 aromatic rings. The van der Waals surface area contributed by atoms with Gasteiger partial charge >= 0.3 is 0 Å². The molecule has 1 aliphatic rings. The summed E-state index contributed by atoms with van der Waals surface area (Å²) in [6.07, 6.45) is 1.94. The SMILES string of the molecule is O=C(C[C@H]1CCS(=O)(=O)C1)N/N=C\c1ccc(-c2ccccc2F)o1. The van der Waals surface area contributed by atoms with Crippen LogP contribution in [0, 0.1) is 11.7 Å². The van der Waals surface area contributed by atoms with E-state index in [0.29, 0.717) is 23.5 Å². The molecular weight excluding hydrogens is 347 g/mol. The van der Waals surface area contributed by atoms with Crippen molar-refractivity contribution in [3.8, 4) is 11.3 Å². The molecule has 0 saturated carbocycles. The minimum atomic E-state index is -3.00. The Balaban J connectivity index is 1.55. The summed E-state index contributed by atoms with van der Waals surface area (Å²) >= 11 is 0. The molecule has 0 aliphatic carbocycles. The van der Waals surface area contributed by atoms with E-state index in [9.17, 15) is 17.6 Å². The van der Waals surface area contributed by atoms with Crippen LogP contribution in [0.4, 0.5) is 4.39 Å². The first-order chi connectivity index (χ1) is 11.9. The van der Waals surface area contributed by atoms with E-state index in [2.05, 4.69) is 10.5 Å². The molecule has 1 aromatic heterocycles. The van der Waals surface area contributed by atoms with Gasteiger partial charge in [0.15, 0.2) is 9.84 Å². The highest BCUT2D eigenvalue weighted by molar-refractivity contribution is 7.91. The molecule has 0 spiro atoms. The minimum absolute atomic E-state index is 0.0499. The number of benzene rings is 1. The molecule has 1 atom stereocenters. The van der Waals surface area contributed by atoms with Crippen LogP contribution in [0.25, 0.3) is 11.3 Å². The van der Waals surface area contributed by atoms with Crippen LogP contribution in [0.1, 0.15) is 18.6 Å². The third-order valence-corrected chi connectivity index (χ3v) is 5.78. The number of carbonyl (C=O) groups is 1. The van der Waals surface area contributed by atoms with E-state index in [1.807, 2.05) is 0 Å². The molecule has 1 saturated heterocycles. The van der Waals surface area contributed by atoms with Crippen molar-refractivity contribution in [2.45, 2.75) is 12.8 Å². The Labute approximate surface area is 144 Å².